The highest BCUT2D eigenvalue weighted by molar-refractivity contribution is 5.81. The van der Waals surface area contributed by atoms with Crippen LogP contribution in [0.3, 0.4) is 0 Å². The molecule has 4 heteroatoms. The fourth-order valence-corrected chi connectivity index (χ4v) is 2.49. The average Bonchev–Trinajstić information content (AvgIpc) is 2.32. The first-order valence-corrected chi connectivity index (χ1v) is 6.51. The predicted octanol–water partition coefficient (Wildman–Crippen LogP) is 1.40. The van der Waals surface area contributed by atoms with Crippen LogP contribution in [0.4, 0.5) is 0 Å². The van der Waals surface area contributed by atoms with Crippen molar-refractivity contribution in [2.45, 2.75) is 57.7 Å². The summed E-state index contributed by atoms with van der Waals surface area (Å²) in [6.45, 7) is 7.34. The Balaban J connectivity index is 2.83. The molecule has 0 spiro atoms. The van der Waals surface area contributed by atoms with Crippen molar-refractivity contribution in [3.63, 3.8) is 0 Å². The number of carbonyl (C=O) groups excluding carboxylic acids is 1. The van der Waals surface area contributed by atoms with Crippen LogP contribution in [0.15, 0.2) is 0 Å². The largest absolute Gasteiger partial charge is 0.468 e. The van der Waals surface area contributed by atoms with Gasteiger partial charge in [-0.3, -0.25) is 10.1 Å². The Labute approximate surface area is 105 Å². The van der Waals surface area contributed by atoms with Crippen LogP contribution < -0.4 is 5.32 Å². The Kier molecular flexibility index (Phi) is 4.95. The molecule has 100 valence electrons. The quantitative estimate of drug-likeness (QED) is 0.757. The highest BCUT2D eigenvalue weighted by Gasteiger charge is 2.44. The van der Waals surface area contributed by atoms with Gasteiger partial charge < -0.3 is 9.64 Å². The number of rotatable bonds is 4. The molecule has 0 aromatic carbocycles. The molecule has 0 bridgehead atoms. The molecule has 1 saturated heterocycles. The zero-order valence-corrected chi connectivity index (χ0v) is 11.7. The van der Waals surface area contributed by atoms with Gasteiger partial charge in [0.25, 0.3) is 0 Å². The van der Waals surface area contributed by atoms with Crippen molar-refractivity contribution in [2.24, 2.45) is 0 Å². The zero-order chi connectivity index (χ0) is 13.1. The minimum Gasteiger partial charge on any atom is -0.468 e. The van der Waals surface area contributed by atoms with Gasteiger partial charge in [-0.2, -0.15) is 0 Å². The first-order valence-electron chi connectivity index (χ1n) is 6.51. The Hall–Kier alpha value is -0.610. The van der Waals surface area contributed by atoms with Crippen LogP contribution in [-0.2, 0) is 9.53 Å². The van der Waals surface area contributed by atoms with Gasteiger partial charge in [-0.15, -0.1) is 0 Å². The van der Waals surface area contributed by atoms with Crippen LogP contribution in [0.1, 0.15) is 40.0 Å². The van der Waals surface area contributed by atoms with Gasteiger partial charge in [0.2, 0.25) is 0 Å². The van der Waals surface area contributed by atoms with Gasteiger partial charge >= 0.3 is 5.97 Å². The number of piperidine rings is 1. The van der Waals surface area contributed by atoms with Gasteiger partial charge in [-0.05, 0) is 40.2 Å². The number of hydrogen-bond donors (Lipinski definition) is 1. The summed E-state index contributed by atoms with van der Waals surface area (Å²) in [6.07, 6.45) is 2.66. The monoisotopic (exact) mass is 242 g/mol. The van der Waals surface area contributed by atoms with Crippen LogP contribution in [0.25, 0.3) is 0 Å². The number of hydrogen-bond acceptors (Lipinski definition) is 4. The van der Waals surface area contributed by atoms with E-state index in [4.69, 9.17) is 4.74 Å². The van der Waals surface area contributed by atoms with E-state index >= 15 is 0 Å². The van der Waals surface area contributed by atoms with Gasteiger partial charge in [-0.1, -0.05) is 6.92 Å². The van der Waals surface area contributed by atoms with Crippen molar-refractivity contribution < 1.29 is 9.53 Å². The van der Waals surface area contributed by atoms with E-state index < -0.39 is 5.54 Å². The van der Waals surface area contributed by atoms with Gasteiger partial charge in [0.05, 0.1) is 7.11 Å². The lowest BCUT2D eigenvalue weighted by atomic mass is 9.83. The highest BCUT2D eigenvalue weighted by Crippen LogP contribution is 2.28. The Morgan fingerprint density at radius 2 is 2.29 bits per heavy atom. The van der Waals surface area contributed by atoms with Crippen molar-refractivity contribution in [1.29, 1.82) is 0 Å². The fraction of sp³-hybridized carbons (Fsp3) is 0.923. The molecule has 1 fully saturated rings. The second-order valence-corrected chi connectivity index (χ2v) is 5.31. The molecule has 1 heterocycles. The van der Waals surface area contributed by atoms with E-state index in [1.807, 2.05) is 0 Å². The third-order valence-corrected chi connectivity index (χ3v) is 4.00. The molecule has 0 aromatic heterocycles. The van der Waals surface area contributed by atoms with E-state index in [2.05, 4.69) is 38.0 Å². The molecule has 0 aliphatic carbocycles. The first-order chi connectivity index (χ1) is 7.95. The molecule has 1 rings (SSSR count). The summed E-state index contributed by atoms with van der Waals surface area (Å²) in [7, 11) is 3.58. The molecule has 3 atom stereocenters. The third kappa shape index (κ3) is 3.19. The number of esters is 1. The zero-order valence-electron chi connectivity index (χ0n) is 11.7. The Morgan fingerprint density at radius 3 is 2.76 bits per heavy atom. The van der Waals surface area contributed by atoms with E-state index in [0.717, 1.165) is 25.8 Å². The summed E-state index contributed by atoms with van der Waals surface area (Å²) < 4.78 is 5.00. The number of carbonyl (C=O) groups is 1. The molecule has 0 amide bonds. The maximum Gasteiger partial charge on any atom is 0.326 e. The second kappa shape index (κ2) is 5.83. The van der Waals surface area contributed by atoms with Gasteiger partial charge in [0.1, 0.15) is 5.54 Å². The summed E-state index contributed by atoms with van der Waals surface area (Å²) >= 11 is 0. The maximum absolute atomic E-state index is 12.1. The summed E-state index contributed by atoms with van der Waals surface area (Å²) in [4.78, 5) is 14.4. The number of methoxy groups -OCH3 is 1. The second-order valence-electron chi connectivity index (χ2n) is 5.31. The maximum atomic E-state index is 12.1. The summed E-state index contributed by atoms with van der Waals surface area (Å²) in [5.74, 6) is -0.113. The van der Waals surface area contributed by atoms with E-state index in [-0.39, 0.29) is 5.97 Å². The van der Waals surface area contributed by atoms with Crippen molar-refractivity contribution in [1.82, 2.24) is 10.2 Å². The highest BCUT2D eigenvalue weighted by atomic mass is 16.5. The molecular formula is C13H26N2O2. The van der Waals surface area contributed by atoms with Crippen molar-refractivity contribution in [2.75, 3.05) is 20.7 Å². The van der Waals surface area contributed by atoms with E-state index in [9.17, 15) is 4.79 Å². The van der Waals surface area contributed by atoms with Gasteiger partial charge in [0, 0.05) is 18.6 Å². The number of nitrogens with zero attached hydrogens (tertiary/aromatic N) is 1. The number of likely N-dealkylation sites (tertiary alicyclic amines) is 1. The predicted molar refractivity (Wildman–Crippen MR) is 69.0 cm³/mol. The minimum atomic E-state index is -0.490. The smallest absolute Gasteiger partial charge is 0.326 e. The van der Waals surface area contributed by atoms with Crippen molar-refractivity contribution >= 4 is 5.97 Å². The topological polar surface area (TPSA) is 41.6 Å². The van der Waals surface area contributed by atoms with Crippen molar-refractivity contribution in [3.05, 3.63) is 0 Å². The molecule has 0 saturated carbocycles. The summed E-state index contributed by atoms with van der Waals surface area (Å²) in [5, 5.41) is 3.48. The minimum absolute atomic E-state index is 0.113. The number of ether oxygens (including phenoxy) is 1. The Morgan fingerprint density at radius 1 is 1.65 bits per heavy atom. The van der Waals surface area contributed by atoms with Crippen LogP contribution in [-0.4, -0.2) is 49.2 Å². The average molecular weight is 242 g/mol. The van der Waals surface area contributed by atoms with Crippen LogP contribution >= 0.6 is 0 Å². The third-order valence-electron chi connectivity index (χ3n) is 4.00. The number of nitrogens with one attached hydrogen (secondary N) is 1. The molecule has 4 nitrogen and oxygen atoms in total. The van der Waals surface area contributed by atoms with Gasteiger partial charge in [0.15, 0.2) is 0 Å². The van der Waals surface area contributed by atoms with Gasteiger partial charge in [-0.25, -0.2) is 0 Å². The lowest BCUT2D eigenvalue weighted by molar-refractivity contribution is -0.152. The SMILES string of the molecule is CCC(C)NC1(C(=O)OC)CCN(C)C(C)C1. The summed E-state index contributed by atoms with van der Waals surface area (Å²) in [5.41, 5.74) is -0.490. The fourth-order valence-electron chi connectivity index (χ4n) is 2.49. The van der Waals surface area contributed by atoms with Crippen LogP contribution in [0.2, 0.25) is 0 Å². The molecule has 1 aliphatic heterocycles. The molecule has 0 aromatic rings. The standard InChI is InChI=1S/C13H26N2O2/c1-6-10(2)14-13(12(16)17-5)7-8-15(4)11(3)9-13/h10-11,14H,6-9H2,1-5H3. The lowest BCUT2D eigenvalue weighted by Gasteiger charge is -2.44. The summed E-state index contributed by atoms with van der Waals surface area (Å²) in [6, 6.07) is 0.740. The lowest BCUT2D eigenvalue weighted by Crippen LogP contribution is -2.62. The van der Waals surface area contributed by atoms with E-state index in [1.165, 1.54) is 7.11 Å². The van der Waals surface area contributed by atoms with Crippen molar-refractivity contribution in [3.8, 4) is 0 Å². The molecular weight excluding hydrogens is 216 g/mol. The molecule has 1 N–H and O–H groups in total. The van der Waals surface area contributed by atoms with E-state index in [1.54, 1.807) is 0 Å². The molecule has 17 heavy (non-hydrogen) atoms. The molecule has 0 radical (unpaired) electrons. The van der Waals surface area contributed by atoms with E-state index in [0.29, 0.717) is 12.1 Å². The molecule has 3 unspecified atom stereocenters. The van der Waals surface area contributed by atoms with Crippen LogP contribution in [0, 0.1) is 0 Å². The Bertz CT molecular complexity index is 266. The first kappa shape index (κ1) is 14.5. The molecule has 1 aliphatic rings. The van der Waals surface area contributed by atoms with Crippen LogP contribution in [0.5, 0.6) is 0 Å². The normalized spacial score (nSPS) is 32.2.